The second-order valence-corrected chi connectivity index (χ2v) is 8.31. The number of urea groups is 1. The molecule has 1 N–H and O–H groups in total. The van der Waals surface area contributed by atoms with Gasteiger partial charge in [0.05, 0.1) is 18.1 Å². The monoisotopic (exact) mass is 340 g/mol. The number of carbonyl (C=O) groups is 1. The molecule has 6 nitrogen and oxygen atoms in total. The molecule has 7 heteroatoms. The number of amides is 2. The standard InChI is InChI=1S/C16H24N2O4S/c1-12-4-6-15(7-5-12)22-14(3)10-17-16(19)18-8-9-23(20,21)11-13(18)2/h4-7,13-14H,8-11H2,1-3H3,(H,17,19)/t13-,14+/m0/s1. The number of ether oxygens (including phenoxy) is 1. The predicted molar refractivity (Wildman–Crippen MR) is 89.5 cm³/mol. The van der Waals surface area contributed by atoms with Gasteiger partial charge in [-0.05, 0) is 32.9 Å². The van der Waals surface area contributed by atoms with Crippen LogP contribution < -0.4 is 10.1 Å². The Labute approximate surface area is 137 Å². The SMILES string of the molecule is Cc1ccc(O[C@H](C)CNC(=O)N2CCS(=O)(=O)C[C@@H]2C)cc1. The van der Waals surface area contributed by atoms with Crippen LogP contribution in [0.5, 0.6) is 5.75 Å². The van der Waals surface area contributed by atoms with Crippen LogP contribution in [0.2, 0.25) is 0 Å². The molecule has 1 aromatic rings. The van der Waals surface area contributed by atoms with E-state index in [-0.39, 0.29) is 36.2 Å². The molecule has 1 aliphatic rings. The van der Waals surface area contributed by atoms with Crippen LogP contribution in [0.4, 0.5) is 4.79 Å². The number of nitrogens with zero attached hydrogens (tertiary/aromatic N) is 1. The van der Waals surface area contributed by atoms with Crippen LogP contribution in [0.3, 0.4) is 0 Å². The molecule has 0 aliphatic carbocycles. The molecule has 23 heavy (non-hydrogen) atoms. The largest absolute Gasteiger partial charge is 0.489 e. The summed E-state index contributed by atoms with van der Waals surface area (Å²) in [7, 11) is -3.02. The first-order valence-corrected chi connectivity index (χ1v) is 9.57. The van der Waals surface area contributed by atoms with E-state index in [0.717, 1.165) is 11.3 Å². The third-order valence-corrected chi connectivity index (χ3v) is 5.63. The smallest absolute Gasteiger partial charge is 0.317 e. The average molecular weight is 340 g/mol. The van der Waals surface area contributed by atoms with Crippen LogP contribution in [0.25, 0.3) is 0 Å². The summed E-state index contributed by atoms with van der Waals surface area (Å²) in [6, 6.07) is 7.18. The first-order valence-electron chi connectivity index (χ1n) is 7.75. The van der Waals surface area contributed by atoms with E-state index in [1.54, 1.807) is 11.8 Å². The molecule has 0 unspecified atom stereocenters. The zero-order chi connectivity index (χ0) is 17.0. The molecular formula is C16H24N2O4S. The summed E-state index contributed by atoms with van der Waals surface area (Å²) in [6.07, 6.45) is -0.175. The van der Waals surface area contributed by atoms with Gasteiger partial charge in [-0.3, -0.25) is 0 Å². The predicted octanol–water partition coefficient (Wildman–Crippen LogP) is 1.59. The van der Waals surface area contributed by atoms with E-state index in [0.29, 0.717) is 6.54 Å². The summed E-state index contributed by atoms with van der Waals surface area (Å²) < 4.78 is 28.8. The summed E-state index contributed by atoms with van der Waals surface area (Å²) in [4.78, 5) is 13.8. The minimum absolute atomic E-state index is 0.0237. The Hall–Kier alpha value is -1.76. The molecule has 0 aromatic heterocycles. The van der Waals surface area contributed by atoms with Crippen LogP contribution in [0, 0.1) is 6.92 Å². The molecule has 1 fully saturated rings. The molecule has 0 radical (unpaired) electrons. The third-order valence-electron chi connectivity index (χ3n) is 3.83. The van der Waals surface area contributed by atoms with Gasteiger partial charge in [-0.25, -0.2) is 13.2 Å². The second kappa shape index (κ2) is 7.21. The summed E-state index contributed by atoms with van der Waals surface area (Å²) in [5.41, 5.74) is 1.16. The fraction of sp³-hybridized carbons (Fsp3) is 0.562. The number of hydrogen-bond acceptors (Lipinski definition) is 4. The Balaban J connectivity index is 1.80. The van der Waals surface area contributed by atoms with E-state index in [2.05, 4.69) is 5.32 Å². The Morgan fingerprint density at radius 1 is 1.39 bits per heavy atom. The zero-order valence-corrected chi connectivity index (χ0v) is 14.6. The first kappa shape index (κ1) is 17.6. The molecule has 2 rings (SSSR count). The average Bonchev–Trinajstić information content (AvgIpc) is 2.46. The van der Waals surface area contributed by atoms with Crippen molar-refractivity contribution in [2.75, 3.05) is 24.6 Å². The van der Waals surface area contributed by atoms with Crippen molar-refractivity contribution in [3.63, 3.8) is 0 Å². The van der Waals surface area contributed by atoms with Gasteiger partial charge in [0.25, 0.3) is 0 Å². The van der Waals surface area contributed by atoms with E-state index in [1.807, 2.05) is 38.1 Å². The molecule has 0 spiro atoms. The normalized spacial score (nSPS) is 21.5. The van der Waals surface area contributed by atoms with Crippen molar-refractivity contribution in [3.8, 4) is 5.75 Å². The molecule has 128 valence electrons. The molecule has 1 saturated heterocycles. The van der Waals surface area contributed by atoms with E-state index >= 15 is 0 Å². The first-order chi connectivity index (χ1) is 10.8. The number of sulfone groups is 1. The fourth-order valence-electron chi connectivity index (χ4n) is 2.52. The molecule has 1 aromatic carbocycles. The van der Waals surface area contributed by atoms with Crippen LogP contribution >= 0.6 is 0 Å². The van der Waals surface area contributed by atoms with Crippen LogP contribution in [-0.2, 0) is 9.84 Å². The van der Waals surface area contributed by atoms with Crippen molar-refractivity contribution in [1.82, 2.24) is 10.2 Å². The fourth-order valence-corrected chi connectivity index (χ4v) is 4.08. The van der Waals surface area contributed by atoms with Crippen LogP contribution in [0.1, 0.15) is 19.4 Å². The maximum atomic E-state index is 12.2. The Morgan fingerprint density at radius 3 is 2.65 bits per heavy atom. The van der Waals surface area contributed by atoms with Crippen molar-refractivity contribution in [1.29, 1.82) is 0 Å². The lowest BCUT2D eigenvalue weighted by molar-refractivity contribution is 0.172. The molecule has 2 amide bonds. The Bertz CT molecular complexity index is 643. The number of rotatable bonds is 4. The van der Waals surface area contributed by atoms with Crippen molar-refractivity contribution >= 4 is 15.9 Å². The van der Waals surface area contributed by atoms with Gasteiger partial charge < -0.3 is 15.0 Å². The quantitative estimate of drug-likeness (QED) is 0.903. The number of aryl methyl sites for hydroxylation is 1. The van der Waals surface area contributed by atoms with E-state index in [9.17, 15) is 13.2 Å². The van der Waals surface area contributed by atoms with Gasteiger partial charge in [0.1, 0.15) is 11.9 Å². The molecule has 2 atom stereocenters. The van der Waals surface area contributed by atoms with Gasteiger partial charge in [0.15, 0.2) is 9.84 Å². The maximum Gasteiger partial charge on any atom is 0.317 e. The van der Waals surface area contributed by atoms with Crippen LogP contribution in [0.15, 0.2) is 24.3 Å². The lowest BCUT2D eigenvalue weighted by Gasteiger charge is -2.33. The second-order valence-electron chi connectivity index (χ2n) is 6.08. The number of benzene rings is 1. The van der Waals surface area contributed by atoms with Gasteiger partial charge in [-0.15, -0.1) is 0 Å². The van der Waals surface area contributed by atoms with Crippen molar-refractivity contribution in [2.24, 2.45) is 0 Å². The van der Waals surface area contributed by atoms with E-state index < -0.39 is 9.84 Å². The third kappa shape index (κ3) is 5.13. The van der Waals surface area contributed by atoms with Crippen LogP contribution in [-0.4, -0.2) is 56.1 Å². The molecule has 0 bridgehead atoms. The highest BCUT2D eigenvalue weighted by Gasteiger charge is 2.31. The highest BCUT2D eigenvalue weighted by atomic mass is 32.2. The summed E-state index contributed by atoms with van der Waals surface area (Å²) in [5.74, 6) is 0.811. The maximum absolute atomic E-state index is 12.2. The van der Waals surface area contributed by atoms with Crippen molar-refractivity contribution in [3.05, 3.63) is 29.8 Å². The molecular weight excluding hydrogens is 316 g/mol. The van der Waals surface area contributed by atoms with E-state index in [4.69, 9.17) is 4.74 Å². The van der Waals surface area contributed by atoms with Gasteiger partial charge in [0, 0.05) is 12.6 Å². The van der Waals surface area contributed by atoms with Gasteiger partial charge in [0.2, 0.25) is 0 Å². The minimum Gasteiger partial charge on any atom is -0.489 e. The van der Waals surface area contributed by atoms with Crippen molar-refractivity contribution < 1.29 is 17.9 Å². The minimum atomic E-state index is -3.02. The zero-order valence-electron chi connectivity index (χ0n) is 13.8. The van der Waals surface area contributed by atoms with Gasteiger partial charge >= 0.3 is 6.03 Å². The lowest BCUT2D eigenvalue weighted by atomic mass is 10.2. The Kier molecular flexibility index (Phi) is 5.51. The summed E-state index contributed by atoms with van der Waals surface area (Å²) >= 11 is 0. The number of hydrogen-bond donors (Lipinski definition) is 1. The summed E-state index contributed by atoms with van der Waals surface area (Å²) in [6.45, 7) is 6.24. The van der Waals surface area contributed by atoms with E-state index in [1.165, 1.54) is 0 Å². The lowest BCUT2D eigenvalue weighted by Crippen LogP contribution is -2.54. The molecule has 1 aliphatic heterocycles. The molecule has 0 saturated carbocycles. The number of nitrogens with one attached hydrogen (secondary N) is 1. The summed E-state index contributed by atoms with van der Waals surface area (Å²) in [5, 5.41) is 2.81. The molecule has 1 heterocycles. The number of carbonyl (C=O) groups excluding carboxylic acids is 1. The highest BCUT2D eigenvalue weighted by molar-refractivity contribution is 7.91. The topological polar surface area (TPSA) is 75.7 Å². The van der Waals surface area contributed by atoms with Gasteiger partial charge in [-0.2, -0.15) is 0 Å². The highest BCUT2D eigenvalue weighted by Crippen LogP contribution is 2.14. The van der Waals surface area contributed by atoms with Gasteiger partial charge in [-0.1, -0.05) is 17.7 Å². The Morgan fingerprint density at radius 2 is 2.04 bits per heavy atom. The van der Waals surface area contributed by atoms with Crippen molar-refractivity contribution in [2.45, 2.75) is 32.9 Å².